The molecule has 3 N–H and O–H groups in total. The molecule has 122 valence electrons. The van der Waals surface area contributed by atoms with Crippen LogP contribution in [0.15, 0.2) is 30.3 Å². The topological polar surface area (TPSA) is 72.8 Å². The highest BCUT2D eigenvalue weighted by molar-refractivity contribution is 5.86. The van der Waals surface area contributed by atoms with Crippen molar-refractivity contribution < 1.29 is 15.0 Å². The quantitative estimate of drug-likeness (QED) is 0.751. The Morgan fingerprint density at radius 2 is 1.67 bits per heavy atom. The number of carboxylic acid groups (broad SMARTS) is 1. The van der Waals surface area contributed by atoms with E-state index < -0.39 is 11.6 Å². The Kier molecular flexibility index (Phi) is 11.0. The number of benzene rings is 1. The van der Waals surface area contributed by atoms with Crippen LogP contribution in [0.25, 0.3) is 0 Å². The van der Waals surface area contributed by atoms with E-state index in [1.165, 1.54) is 0 Å². The lowest BCUT2D eigenvalue weighted by atomic mass is 9.93. The molecule has 2 rings (SSSR count). The minimum Gasteiger partial charge on any atom is -0.479 e. The fourth-order valence-corrected chi connectivity index (χ4v) is 2.19. The van der Waals surface area contributed by atoms with Gasteiger partial charge in [-0.25, -0.2) is 4.79 Å². The average molecular weight is 360 g/mol. The summed E-state index contributed by atoms with van der Waals surface area (Å²) in [6.07, 6.45) is 0. The van der Waals surface area contributed by atoms with Crippen molar-refractivity contribution in [2.24, 2.45) is 0 Å². The average Bonchev–Trinajstić information content (AvgIpc) is 2.40. The first-order valence-electron chi connectivity index (χ1n) is 6.07. The number of β-amino-alcohol motifs (C(OH)–C–C–N with tert-alkyl or cyclic N) is 1. The summed E-state index contributed by atoms with van der Waals surface area (Å²) in [5, 5.41) is 23.0. The van der Waals surface area contributed by atoms with Gasteiger partial charge < -0.3 is 15.5 Å². The van der Waals surface area contributed by atoms with Crippen molar-refractivity contribution >= 4 is 43.2 Å². The smallest absolute Gasteiger partial charge is 0.341 e. The molecule has 1 saturated heterocycles. The number of carboxylic acids is 1. The number of carbonyl (C=O) groups is 1. The van der Waals surface area contributed by atoms with Gasteiger partial charge >= 0.3 is 5.97 Å². The van der Waals surface area contributed by atoms with Crippen molar-refractivity contribution in [1.29, 1.82) is 0 Å². The summed E-state index contributed by atoms with van der Waals surface area (Å²) < 4.78 is 0. The van der Waals surface area contributed by atoms with Crippen LogP contribution in [0.1, 0.15) is 5.56 Å². The van der Waals surface area contributed by atoms with Crippen molar-refractivity contribution in [1.82, 2.24) is 10.2 Å². The number of hydrogen-bond acceptors (Lipinski definition) is 4. The summed E-state index contributed by atoms with van der Waals surface area (Å²) in [5.41, 5.74) is -1.41. The molecule has 0 aromatic heterocycles. The minimum atomic E-state index is -1.83. The Bertz CT molecular complexity index is 416. The Labute approximate surface area is 142 Å². The second-order valence-electron chi connectivity index (χ2n) is 4.56. The Morgan fingerprint density at radius 3 is 2.14 bits per heavy atom. The van der Waals surface area contributed by atoms with Crippen molar-refractivity contribution in [2.45, 2.75) is 5.60 Å². The molecule has 21 heavy (non-hydrogen) atoms. The molecule has 1 aliphatic heterocycles. The molecule has 0 radical (unpaired) electrons. The van der Waals surface area contributed by atoms with E-state index in [0.29, 0.717) is 5.56 Å². The van der Waals surface area contributed by atoms with E-state index in [0.717, 1.165) is 26.2 Å². The number of nitrogens with zero attached hydrogens (tertiary/aromatic N) is 1. The van der Waals surface area contributed by atoms with E-state index in [4.69, 9.17) is 0 Å². The normalized spacial score (nSPS) is 17.4. The first kappa shape index (κ1) is 22.7. The highest BCUT2D eigenvalue weighted by Gasteiger charge is 2.39. The van der Waals surface area contributed by atoms with E-state index in [1.807, 2.05) is 4.90 Å². The molecule has 0 spiro atoms. The van der Waals surface area contributed by atoms with Gasteiger partial charge in [0.05, 0.1) is 0 Å². The van der Waals surface area contributed by atoms with Crippen LogP contribution in [0, 0.1) is 0 Å². The van der Waals surface area contributed by atoms with Crippen LogP contribution in [0.3, 0.4) is 0 Å². The minimum absolute atomic E-state index is 0. The molecule has 1 unspecified atom stereocenters. The highest BCUT2D eigenvalue weighted by atomic mass is 35.5. The van der Waals surface area contributed by atoms with Crippen molar-refractivity contribution in [3.63, 3.8) is 0 Å². The second-order valence-corrected chi connectivity index (χ2v) is 4.56. The van der Waals surface area contributed by atoms with Crippen molar-refractivity contribution in [3.05, 3.63) is 35.9 Å². The summed E-state index contributed by atoms with van der Waals surface area (Å²) in [7, 11) is 0. The maximum atomic E-state index is 11.4. The van der Waals surface area contributed by atoms with Gasteiger partial charge in [-0.2, -0.15) is 0 Å². The molecule has 0 saturated carbocycles. The zero-order chi connectivity index (χ0) is 13.0. The molecule has 1 atom stereocenters. The Morgan fingerprint density at radius 1 is 1.14 bits per heavy atom. The van der Waals surface area contributed by atoms with Gasteiger partial charge in [0.1, 0.15) is 0 Å². The van der Waals surface area contributed by atoms with Crippen molar-refractivity contribution in [2.75, 3.05) is 32.7 Å². The molecular formula is C13H21Cl3N2O3. The molecule has 0 amide bonds. The predicted molar refractivity (Wildman–Crippen MR) is 89.0 cm³/mol. The first-order valence-corrected chi connectivity index (χ1v) is 6.07. The third-order valence-corrected chi connectivity index (χ3v) is 3.27. The maximum Gasteiger partial charge on any atom is 0.341 e. The first-order chi connectivity index (χ1) is 8.63. The molecule has 8 heteroatoms. The van der Waals surface area contributed by atoms with Crippen LogP contribution in [0.2, 0.25) is 0 Å². The second kappa shape index (κ2) is 10.2. The highest BCUT2D eigenvalue weighted by Crippen LogP contribution is 2.23. The fourth-order valence-electron chi connectivity index (χ4n) is 2.19. The van der Waals surface area contributed by atoms with Crippen LogP contribution >= 0.6 is 37.2 Å². The Hall–Kier alpha value is -0.560. The molecule has 1 aromatic carbocycles. The van der Waals surface area contributed by atoms with Crippen LogP contribution in [-0.4, -0.2) is 53.8 Å². The molecule has 0 aliphatic carbocycles. The van der Waals surface area contributed by atoms with E-state index in [-0.39, 0.29) is 43.8 Å². The molecule has 1 heterocycles. The van der Waals surface area contributed by atoms with Crippen LogP contribution in [-0.2, 0) is 10.4 Å². The van der Waals surface area contributed by atoms with Crippen LogP contribution in [0.5, 0.6) is 0 Å². The SMILES string of the molecule is Cl.Cl.Cl.O=C(O)C(O)(CN1CCNCC1)c1ccccc1. The summed E-state index contributed by atoms with van der Waals surface area (Å²) >= 11 is 0. The molecule has 1 fully saturated rings. The lowest BCUT2D eigenvalue weighted by Crippen LogP contribution is -2.52. The molecular weight excluding hydrogens is 339 g/mol. The van der Waals surface area contributed by atoms with E-state index >= 15 is 0 Å². The largest absolute Gasteiger partial charge is 0.479 e. The molecule has 0 bridgehead atoms. The van der Waals surface area contributed by atoms with Crippen LogP contribution < -0.4 is 5.32 Å². The zero-order valence-corrected chi connectivity index (χ0v) is 13.8. The van der Waals surface area contributed by atoms with Gasteiger partial charge in [0.2, 0.25) is 0 Å². The van der Waals surface area contributed by atoms with E-state index in [2.05, 4.69) is 5.32 Å². The summed E-state index contributed by atoms with van der Waals surface area (Å²) in [6.45, 7) is 3.27. The predicted octanol–water partition coefficient (Wildman–Crippen LogP) is 1.13. The molecule has 1 aliphatic rings. The maximum absolute atomic E-state index is 11.4. The number of piperazine rings is 1. The third-order valence-electron chi connectivity index (χ3n) is 3.27. The zero-order valence-electron chi connectivity index (χ0n) is 11.4. The lowest BCUT2D eigenvalue weighted by molar-refractivity contribution is -0.162. The van der Waals surface area contributed by atoms with Gasteiger partial charge in [0.25, 0.3) is 0 Å². The molecule has 1 aromatic rings. The van der Waals surface area contributed by atoms with Gasteiger partial charge in [-0.15, -0.1) is 37.2 Å². The Balaban J connectivity index is 0. The number of nitrogens with one attached hydrogen (secondary N) is 1. The number of rotatable bonds is 4. The number of hydrogen-bond donors (Lipinski definition) is 3. The third kappa shape index (κ3) is 5.62. The standard InChI is InChI=1S/C13H18N2O3.3ClH/c16-12(17)13(18,11-4-2-1-3-5-11)10-15-8-6-14-7-9-15;;;/h1-5,14,18H,6-10H2,(H,16,17);3*1H. The van der Waals surface area contributed by atoms with E-state index in [1.54, 1.807) is 30.3 Å². The van der Waals surface area contributed by atoms with Gasteiger partial charge in [0.15, 0.2) is 5.60 Å². The van der Waals surface area contributed by atoms with Gasteiger partial charge in [0, 0.05) is 32.7 Å². The van der Waals surface area contributed by atoms with Gasteiger partial charge in [-0.1, -0.05) is 30.3 Å². The lowest BCUT2D eigenvalue weighted by Gasteiger charge is -2.34. The summed E-state index contributed by atoms with van der Waals surface area (Å²) in [5.74, 6) is -1.20. The van der Waals surface area contributed by atoms with E-state index in [9.17, 15) is 15.0 Å². The number of halogens is 3. The molecule has 5 nitrogen and oxygen atoms in total. The number of aliphatic hydroxyl groups is 1. The fraction of sp³-hybridized carbons (Fsp3) is 0.462. The van der Waals surface area contributed by atoms with Gasteiger partial charge in [-0.3, -0.25) is 4.90 Å². The van der Waals surface area contributed by atoms with Crippen molar-refractivity contribution in [3.8, 4) is 0 Å². The van der Waals surface area contributed by atoms with Gasteiger partial charge in [-0.05, 0) is 5.56 Å². The summed E-state index contributed by atoms with van der Waals surface area (Å²) in [6, 6.07) is 8.57. The summed E-state index contributed by atoms with van der Waals surface area (Å²) in [4.78, 5) is 13.4. The number of aliphatic carboxylic acids is 1. The monoisotopic (exact) mass is 358 g/mol. The van der Waals surface area contributed by atoms with Crippen LogP contribution in [0.4, 0.5) is 0 Å².